The fourth-order valence-corrected chi connectivity index (χ4v) is 3.87. The van der Waals surface area contributed by atoms with E-state index in [1.54, 1.807) is 11.3 Å². The van der Waals surface area contributed by atoms with E-state index in [2.05, 4.69) is 57.8 Å². The summed E-state index contributed by atoms with van der Waals surface area (Å²) in [6, 6.07) is 11.5. The van der Waals surface area contributed by atoms with E-state index in [-0.39, 0.29) is 0 Å². The van der Waals surface area contributed by atoms with Crippen molar-refractivity contribution in [1.82, 2.24) is 15.2 Å². The van der Waals surface area contributed by atoms with Gasteiger partial charge in [0, 0.05) is 30.9 Å². The first-order chi connectivity index (χ1) is 11.3. The van der Waals surface area contributed by atoms with Crippen LogP contribution in [0.4, 0.5) is 0 Å². The Labute approximate surface area is 143 Å². The number of nitrogens with zero attached hydrogens (tertiary/aromatic N) is 2. The maximum absolute atomic E-state index is 4.53. The number of hydrogen-bond donors (Lipinski definition) is 1. The molecule has 0 atom stereocenters. The molecule has 0 radical (unpaired) electrons. The van der Waals surface area contributed by atoms with E-state index in [9.17, 15) is 0 Å². The van der Waals surface area contributed by atoms with Crippen LogP contribution in [0.5, 0.6) is 0 Å². The fourth-order valence-electron chi connectivity index (χ4n) is 3.22. The van der Waals surface area contributed by atoms with Crippen molar-refractivity contribution in [3.05, 3.63) is 52.0 Å². The molecular weight excluding hydrogens is 302 g/mol. The van der Waals surface area contributed by atoms with Crippen molar-refractivity contribution in [1.29, 1.82) is 0 Å². The summed E-state index contributed by atoms with van der Waals surface area (Å²) >= 11 is 1.75. The molecule has 2 heterocycles. The van der Waals surface area contributed by atoms with Gasteiger partial charge < -0.3 is 10.2 Å². The standard InChI is InChI=1S/C19H27N3S/c1-16-21-19(15-23-16)7-11-20-18-9-13-22(14-10-18)12-8-17-5-3-2-4-6-17/h2-6,15,18,20H,7-14H2,1H3. The Kier molecular flexibility index (Phi) is 6.20. The molecule has 23 heavy (non-hydrogen) atoms. The zero-order valence-electron chi connectivity index (χ0n) is 14.0. The third-order valence-corrected chi connectivity index (χ3v) is 5.45. The van der Waals surface area contributed by atoms with Gasteiger partial charge in [-0.1, -0.05) is 30.3 Å². The molecule has 0 unspecified atom stereocenters. The predicted molar refractivity (Wildman–Crippen MR) is 98.2 cm³/mol. The third-order valence-electron chi connectivity index (χ3n) is 4.63. The maximum Gasteiger partial charge on any atom is 0.0897 e. The monoisotopic (exact) mass is 329 g/mol. The maximum atomic E-state index is 4.53. The lowest BCUT2D eigenvalue weighted by Gasteiger charge is -2.32. The highest BCUT2D eigenvalue weighted by Crippen LogP contribution is 2.12. The van der Waals surface area contributed by atoms with E-state index in [0.717, 1.165) is 13.0 Å². The second-order valence-corrected chi connectivity index (χ2v) is 7.48. The molecule has 1 aromatic carbocycles. The minimum Gasteiger partial charge on any atom is -0.313 e. The van der Waals surface area contributed by atoms with Gasteiger partial charge in [0.05, 0.1) is 10.7 Å². The van der Waals surface area contributed by atoms with Crippen LogP contribution in [0.2, 0.25) is 0 Å². The molecule has 124 valence electrons. The highest BCUT2D eigenvalue weighted by atomic mass is 32.1. The number of hydrogen-bond acceptors (Lipinski definition) is 4. The van der Waals surface area contributed by atoms with Gasteiger partial charge in [-0.05, 0) is 44.8 Å². The van der Waals surface area contributed by atoms with E-state index in [1.807, 2.05) is 0 Å². The van der Waals surface area contributed by atoms with E-state index in [0.29, 0.717) is 6.04 Å². The molecule has 1 aliphatic heterocycles. The van der Waals surface area contributed by atoms with Gasteiger partial charge in [0.2, 0.25) is 0 Å². The molecule has 0 saturated carbocycles. The van der Waals surface area contributed by atoms with Crippen molar-refractivity contribution >= 4 is 11.3 Å². The van der Waals surface area contributed by atoms with Crippen LogP contribution in [0.25, 0.3) is 0 Å². The van der Waals surface area contributed by atoms with Gasteiger partial charge in [0.1, 0.15) is 0 Å². The molecule has 0 bridgehead atoms. The van der Waals surface area contributed by atoms with Crippen molar-refractivity contribution in [3.63, 3.8) is 0 Å². The summed E-state index contributed by atoms with van der Waals surface area (Å²) in [5.74, 6) is 0. The van der Waals surface area contributed by atoms with Crippen molar-refractivity contribution in [3.8, 4) is 0 Å². The van der Waals surface area contributed by atoms with Gasteiger partial charge in [0.25, 0.3) is 0 Å². The zero-order chi connectivity index (χ0) is 15.9. The molecule has 0 amide bonds. The van der Waals surface area contributed by atoms with E-state index < -0.39 is 0 Å². The largest absolute Gasteiger partial charge is 0.313 e. The fraction of sp³-hybridized carbons (Fsp3) is 0.526. The first-order valence-corrected chi connectivity index (χ1v) is 9.58. The average Bonchev–Trinajstić information content (AvgIpc) is 3.00. The first-order valence-electron chi connectivity index (χ1n) is 8.70. The molecule has 1 saturated heterocycles. The van der Waals surface area contributed by atoms with Crippen molar-refractivity contribution < 1.29 is 0 Å². The van der Waals surface area contributed by atoms with Crippen molar-refractivity contribution in [2.24, 2.45) is 0 Å². The molecule has 1 aliphatic rings. The van der Waals surface area contributed by atoms with Crippen molar-refractivity contribution in [2.45, 2.75) is 38.6 Å². The number of piperidine rings is 1. The second-order valence-electron chi connectivity index (χ2n) is 6.41. The van der Waals surface area contributed by atoms with Crippen LogP contribution in [0.15, 0.2) is 35.7 Å². The number of benzene rings is 1. The predicted octanol–water partition coefficient (Wildman–Crippen LogP) is 3.29. The minimum atomic E-state index is 0.683. The quantitative estimate of drug-likeness (QED) is 0.845. The SMILES string of the molecule is Cc1nc(CCNC2CCN(CCc3ccccc3)CC2)cs1. The zero-order valence-corrected chi connectivity index (χ0v) is 14.8. The van der Waals surface area contributed by atoms with Crippen LogP contribution in [0, 0.1) is 6.92 Å². The van der Waals surface area contributed by atoms with Gasteiger partial charge in [-0.25, -0.2) is 4.98 Å². The Bertz CT molecular complexity index is 573. The molecule has 0 aliphatic carbocycles. The molecule has 1 aromatic heterocycles. The Morgan fingerprint density at radius 1 is 1.17 bits per heavy atom. The van der Waals surface area contributed by atoms with Crippen LogP contribution in [-0.2, 0) is 12.8 Å². The van der Waals surface area contributed by atoms with Gasteiger partial charge in [-0.3, -0.25) is 0 Å². The molecule has 1 fully saturated rings. The Balaban J connectivity index is 1.31. The molecule has 1 N–H and O–H groups in total. The molecule has 2 aromatic rings. The summed E-state index contributed by atoms with van der Waals surface area (Å²) in [5, 5.41) is 7.07. The van der Waals surface area contributed by atoms with Gasteiger partial charge >= 0.3 is 0 Å². The summed E-state index contributed by atoms with van der Waals surface area (Å²) in [6.45, 7) is 6.76. The smallest absolute Gasteiger partial charge is 0.0897 e. The van der Waals surface area contributed by atoms with Crippen LogP contribution < -0.4 is 5.32 Å². The summed E-state index contributed by atoms with van der Waals surface area (Å²) in [5.41, 5.74) is 2.69. The number of aryl methyl sites for hydroxylation is 1. The number of likely N-dealkylation sites (tertiary alicyclic amines) is 1. The van der Waals surface area contributed by atoms with Crippen LogP contribution in [0.3, 0.4) is 0 Å². The topological polar surface area (TPSA) is 28.2 Å². The van der Waals surface area contributed by atoms with Gasteiger partial charge in [-0.15, -0.1) is 11.3 Å². The summed E-state index contributed by atoms with van der Waals surface area (Å²) in [7, 11) is 0. The van der Waals surface area contributed by atoms with Crippen LogP contribution >= 0.6 is 11.3 Å². The molecule has 3 nitrogen and oxygen atoms in total. The summed E-state index contributed by atoms with van der Waals surface area (Å²) < 4.78 is 0. The number of nitrogens with one attached hydrogen (secondary N) is 1. The van der Waals surface area contributed by atoms with Gasteiger partial charge in [0.15, 0.2) is 0 Å². The molecular formula is C19H27N3S. The average molecular weight is 330 g/mol. The number of rotatable bonds is 7. The van der Waals surface area contributed by atoms with Gasteiger partial charge in [-0.2, -0.15) is 0 Å². The first kappa shape index (κ1) is 16.6. The lowest BCUT2D eigenvalue weighted by molar-refractivity contribution is 0.200. The molecule has 3 rings (SSSR count). The summed E-state index contributed by atoms with van der Waals surface area (Å²) in [4.78, 5) is 7.13. The van der Waals surface area contributed by atoms with Crippen LogP contribution in [-0.4, -0.2) is 42.1 Å². The molecule has 0 spiro atoms. The minimum absolute atomic E-state index is 0.683. The Hall–Kier alpha value is -1.23. The highest BCUT2D eigenvalue weighted by molar-refractivity contribution is 7.09. The van der Waals surface area contributed by atoms with Crippen molar-refractivity contribution in [2.75, 3.05) is 26.2 Å². The van der Waals surface area contributed by atoms with E-state index in [4.69, 9.17) is 0 Å². The van der Waals surface area contributed by atoms with Crippen LogP contribution in [0.1, 0.15) is 29.1 Å². The highest BCUT2D eigenvalue weighted by Gasteiger charge is 2.18. The number of aromatic nitrogens is 1. The van der Waals surface area contributed by atoms with E-state index in [1.165, 1.54) is 55.2 Å². The van der Waals surface area contributed by atoms with E-state index >= 15 is 0 Å². The second kappa shape index (κ2) is 8.57. The summed E-state index contributed by atoms with van der Waals surface area (Å²) in [6.07, 6.45) is 4.76. The Morgan fingerprint density at radius 3 is 2.65 bits per heavy atom. The number of thiazole rings is 1. The Morgan fingerprint density at radius 2 is 1.96 bits per heavy atom. The molecule has 4 heteroatoms. The normalized spacial score (nSPS) is 16.7. The lowest BCUT2D eigenvalue weighted by atomic mass is 10.0. The third kappa shape index (κ3) is 5.41. The lowest BCUT2D eigenvalue weighted by Crippen LogP contribution is -2.43.